The van der Waals surface area contributed by atoms with Crippen LogP contribution in [0.15, 0.2) is 18.2 Å². The number of nitrogens with two attached hydrogens (primary N) is 1. The van der Waals surface area contributed by atoms with Gasteiger partial charge in [-0.25, -0.2) is 4.98 Å². The van der Waals surface area contributed by atoms with Crippen LogP contribution >= 0.6 is 11.3 Å². The number of nitrogens with zero attached hydrogens (tertiary/aromatic N) is 1. The zero-order valence-electron chi connectivity index (χ0n) is 7.08. The van der Waals surface area contributed by atoms with Crippen molar-refractivity contribution in [1.29, 1.82) is 0 Å². The van der Waals surface area contributed by atoms with Gasteiger partial charge in [0.2, 0.25) is 0 Å². The van der Waals surface area contributed by atoms with Crippen LogP contribution in [0.1, 0.15) is 23.0 Å². The highest BCUT2D eigenvalue weighted by atomic mass is 32.1. The number of hydrazine groups is 1. The number of thiazole rings is 1. The van der Waals surface area contributed by atoms with Crippen molar-refractivity contribution in [2.75, 3.05) is 0 Å². The highest BCUT2D eigenvalue weighted by Gasteiger charge is 2.12. The van der Waals surface area contributed by atoms with E-state index in [1.165, 1.54) is 4.88 Å². The van der Waals surface area contributed by atoms with Crippen molar-refractivity contribution in [1.82, 2.24) is 10.4 Å². The first-order valence-corrected chi connectivity index (χ1v) is 4.64. The number of hydrogen-bond donors (Lipinski definition) is 2. The van der Waals surface area contributed by atoms with Gasteiger partial charge < -0.3 is 0 Å². The van der Waals surface area contributed by atoms with Gasteiger partial charge in [0.15, 0.2) is 0 Å². The lowest BCUT2D eigenvalue weighted by molar-refractivity contribution is 0.567. The first-order chi connectivity index (χ1) is 5.79. The minimum absolute atomic E-state index is 0.162. The van der Waals surface area contributed by atoms with Gasteiger partial charge in [0, 0.05) is 4.88 Å². The van der Waals surface area contributed by atoms with Crippen molar-refractivity contribution in [3.05, 3.63) is 28.7 Å². The number of aromatic nitrogens is 1. The molecule has 1 unspecified atom stereocenters. The zero-order valence-corrected chi connectivity index (χ0v) is 7.90. The summed E-state index contributed by atoms with van der Waals surface area (Å²) in [6.45, 7) is 5.66. The van der Waals surface area contributed by atoms with E-state index in [1.807, 2.05) is 18.5 Å². The van der Waals surface area contributed by atoms with Gasteiger partial charge in [0.1, 0.15) is 0 Å². The topological polar surface area (TPSA) is 50.9 Å². The second-order valence-electron chi connectivity index (χ2n) is 2.55. The molecule has 0 bridgehead atoms. The summed E-state index contributed by atoms with van der Waals surface area (Å²) in [4.78, 5) is 5.35. The molecule has 0 amide bonds. The molecule has 0 spiro atoms. The number of nitrogens with one attached hydrogen (secondary N) is 1. The summed E-state index contributed by atoms with van der Waals surface area (Å²) in [7, 11) is 0. The van der Waals surface area contributed by atoms with Crippen LogP contribution in [0.25, 0.3) is 0 Å². The largest absolute Gasteiger partial charge is 0.271 e. The summed E-state index contributed by atoms with van der Waals surface area (Å²) in [6.07, 6.45) is 2.68. The molecule has 66 valence electrons. The van der Waals surface area contributed by atoms with E-state index >= 15 is 0 Å². The molecule has 1 rings (SSSR count). The summed E-state index contributed by atoms with van der Waals surface area (Å²) in [5.41, 5.74) is 5.62. The van der Waals surface area contributed by atoms with Crippen molar-refractivity contribution >= 4 is 11.3 Å². The SMILES string of the molecule is C=CCC(NN)c1scnc1C. The molecule has 0 radical (unpaired) electrons. The molecular formula is C8H13N3S. The fourth-order valence-corrected chi connectivity index (χ4v) is 1.94. The lowest BCUT2D eigenvalue weighted by atomic mass is 10.1. The molecular weight excluding hydrogens is 170 g/mol. The van der Waals surface area contributed by atoms with Crippen LogP contribution in [-0.4, -0.2) is 4.98 Å². The van der Waals surface area contributed by atoms with Crippen LogP contribution in [0.4, 0.5) is 0 Å². The molecule has 1 aromatic rings. The highest BCUT2D eigenvalue weighted by molar-refractivity contribution is 7.09. The third-order valence-electron chi connectivity index (χ3n) is 1.70. The van der Waals surface area contributed by atoms with Crippen LogP contribution in [0.2, 0.25) is 0 Å². The molecule has 0 saturated carbocycles. The van der Waals surface area contributed by atoms with E-state index in [-0.39, 0.29) is 6.04 Å². The molecule has 0 aromatic carbocycles. The van der Waals surface area contributed by atoms with Gasteiger partial charge in [-0.2, -0.15) is 0 Å². The fraction of sp³-hybridized carbons (Fsp3) is 0.375. The first kappa shape index (κ1) is 9.38. The second kappa shape index (κ2) is 4.35. The Kier molecular flexibility index (Phi) is 3.40. The van der Waals surface area contributed by atoms with E-state index in [0.29, 0.717) is 0 Å². The van der Waals surface area contributed by atoms with Crippen LogP contribution in [0.5, 0.6) is 0 Å². The molecule has 0 fully saturated rings. The van der Waals surface area contributed by atoms with Gasteiger partial charge in [-0.15, -0.1) is 17.9 Å². The highest BCUT2D eigenvalue weighted by Crippen LogP contribution is 2.23. The van der Waals surface area contributed by atoms with Crippen LogP contribution in [-0.2, 0) is 0 Å². The molecule has 0 aliphatic carbocycles. The molecule has 1 heterocycles. The van der Waals surface area contributed by atoms with E-state index in [1.54, 1.807) is 11.3 Å². The van der Waals surface area contributed by atoms with Crippen LogP contribution < -0.4 is 11.3 Å². The lowest BCUT2D eigenvalue weighted by Gasteiger charge is -2.11. The Balaban J connectivity index is 2.78. The summed E-state index contributed by atoms with van der Waals surface area (Å²) >= 11 is 1.62. The maximum Gasteiger partial charge on any atom is 0.0798 e. The maximum absolute atomic E-state index is 5.40. The summed E-state index contributed by atoms with van der Waals surface area (Å²) in [6, 6.07) is 0.162. The van der Waals surface area contributed by atoms with Crippen LogP contribution in [0.3, 0.4) is 0 Å². The van der Waals surface area contributed by atoms with Crippen LogP contribution in [0, 0.1) is 6.92 Å². The van der Waals surface area contributed by atoms with Gasteiger partial charge in [0.05, 0.1) is 17.2 Å². The molecule has 1 aromatic heterocycles. The Morgan fingerprint density at radius 1 is 1.92 bits per heavy atom. The molecule has 4 heteroatoms. The van der Waals surface area contributed by atoms with E-state index in [2.05, 4.69) is 17.0 Å². The predicted octanol–water partition coefficient (Wildman–Crippen LogP) is 1.53. The molecule has 0 aliphatic heterocycles. The number of rotatable bonds is 4. The minimum atomic E-state index is 0.162. The van der Waals surface area contributed by atoms with Crippen molar-refractivity contribution in [2.24, 2.45) is 5.84 Å². The summed E-state index contributed by atoms with van der Waals surface area (Å²) < 4.78 is 0. The molecule has 0 aliphatic rings. The van der Waals surface area contributed by atoms with Gasteiger partial charge in [-0.3, -0.25) is 11.3 Å². The van der Waals surface area contributed by atoms with Gasteiger partial charge in [-0.1, -0.05) is 6.08 Å². The van der Waals surface area contributed by atoms with E-state index in [9.17, 15) is 0 Å². The summed E-state index contributed by atoms with van der Waals surface area (Å²) in [5, 5.41) is 0. The average Bonchev–Trinajstić information content (AvgIpc) is 2.47. The van der Waals surface area contributed by atoms with Crippen molar-refractivity contribution in [3.8, 4) is 0 Å². The van der Waals surface area contributed by atoms with E-state index in [0.717, 1.165) is 12.1 Å². The number of hydrogen-bond acceptors (Lipinski definition) is 4. The van der Waals surface area contributed by atoms with Crippen molar-refractivity contribution in [3.63, 3.8) is 0 Å². The Hall–Kier alpha value is -0.710. The van der Waals surface area contributed by atoms with E-state index in [4.69, 9.17) is 5.84 Å². The van der Waals surface area contributed by atoms with Gasteiger partial charge >= 0.3 is 0 Å². The van der Waals surface area contributed by atoms with Crippen molar-refractivity contribution in [2.45, 2.75) is 19.4 Å². The zero-order chi connectivity index (χ0) is 8.97. The fourth-order valence-electron chi connectivity index (χ4n) is 1.06. The maximum atomic E-state index is 5.40. The lowest BCUT2D eigenvalue weighted by Crippen LogP contribution is -2.27. The molecule has 1 atom stereocenters. The molecule has 0 saturated heterocycles. The Labute approximate surface area is 76.3 Å². The Morgan fingerprint density at radius 3 is 3.08 bits per heavy atom. The molecule has 12 heavy (non-hydrogen) atoms. The molecule has 3 N–H and O–H groups in total. The van der Waals surface area contributed by atoms with Gasteiger partial charge in [0.25, 0.3) is 0 Å². The monoisotopic (exact) mass is 183 g/mol. The van der Waals surface area contributed by atoms with Gasteiger partial charge in [-0.05, 0) is 13.3 Å². The third kappa shape index (κ3) is 1.91. The molecule has 3 nitrogen and oxygen atoms in total. The Bertz CT molecular complexity index is 257. The third-order valence-corrected chi connectivity index (χ3v) is 2.75. The van der Waals surface area contributed by atoms with E-state index < -0.39 is 0 Å². The smallest absolute Gasteiger partial charge is 0.0798 e. The summed E-state index contributed by atoms with van der Waals surface area (Å²) in [5.74, 6) is 5.40. The first-order valence-electron chi connectivity index (χ1n) is 3.76. The standard InChI is InChI=1S/C8H13N3S/c1-3-4-7(11-9)8-6(2)10-5-12-8/h3,5,7,11H,1,4,9H2,2H3. The average molecular weight is 183 g/mol. The minimum Gasteiger partial charge on any atom is -0.271 e. The quantitative estimate of drug-likeness (QED) is 0.423. The Morgan fingerprint density at radius 2 is 2.67 bits per heavy atom. The second-order valence-corrected chi connectivity index (χ2v) is 3.43. The number of aryl methyl sites for hydroxylation is 1. The predicted molar refractivity (Wildman–Crippen MR) is 51.7 cm³/mol. The van der Waals surface area contributed by atoms with Crippen molar-refractivity contribution < 1.29 is 0 Å². The normalized spacial score (nSPS) is 12.8.